The van der Waals surface area contributed by atoms with Crippen molar-refractivity contribution in [2.45, 2.75) is 10.1 Å². The van der Waals surface area contributed by atoms with Gasteiger partial charge in [0.15, 0.2) is 5.82 Å². The highest BCUT2D eigenvalue weighted by Gasteiger charge is 2.20. The zero-order valence-corrected chi connectivity index (χ0v) is 13.7. The normalized spacial score (nSPS) is 19.8. The van der Waals surface area contributed by atoms with Crippen LogP contribution in [0.2, 0.25) is 5.02 Å². The Morgan fingerprint density at radius 2 is 2.30 bits per heavy atom. The molecular weight excluding hydrogens is 340 g/mol. The average Bonchev–Trinajstić information content (AvgIpc) is 2.46. The number of hydrazine groups is 1. The third kappa shape index (κ3) is 4.15. The van der Waals surface area contributed by atoms with E-state index in [9.17, 15) is 8.42 Å². The van der Waals surface area contributed by atoms with Crippen molar-refractivity contribution in [2.24, 2.45) is 5.84 Å². The molecule has 0 radical (unpaired) electrons. The first-order valence-corrected chi connectivity index (χ1v) is 9.90. The number of nitrogen functional groups attached to an aromatic ring is 1. The van der Waals surface area contributed by atoms with E-state index in [-0.39, 0.29) is 15.7 Å². The Bertz CT molecular complexity index is 564. The van der Waals surface area contributed by atoms with E-state index in [1.165, 1.54) is 12.3 Å². The molecule has 2 heterocycles. The smallest absolute Gasteiger partial charge is 0.242 e. The van der Waals surface area contributed by atoms with Gasteiger partial charge in [-0.15, -0.1) is 0 Å². The fourth-order valence-corrected chi connectivity index (χ4v) is 5.67. The average molecular weight is 355 g/mol. The molecule has 2 rings (SSSR count). The highest BCUT2D eigenvalue weighted by molar-refractivity contribution is 8.06. The maximum atomic E-state index is 12.1. The molecule has 0 saturated carbocycles. The fraction of sp³-hybridized carbons (Fsp3) is 0.500. The van der Waals surface area contributed by atoms with Crippen LogP contribution in [-0.2, 0) is 10.0 Å². The van der Waals surface area contributed by atoms with Gasteiger partial charge in [0.25, 0.3) is 0 Å². The van der Waals surface area contributed by atoms with E-state index in [1.54, 1.807) is 11.8 Å². The second-order valence-electron chi connectivity index (χ2n) is 4.07. The molecule has 1 aliphatic heterocycles. The fourth-order valence-electron chi connectivity index (χ4n) is 1.61. The summed E-state index contributed by atoms with van der Waals surface area (Å²) in [6.07, 6.45) is 1.23. The largest absolute Gasteiger partial charge is 0.307 e. The Hall–Kier alpha value is -0.190. The van der Waals surface area contributed by atoms with Crippen LogP contribution in [0.15, 0.2) is 17.2 Å². The lowest BCUT2D eigenvalue weighted by Crippen LogP contribution is -2.33. The van der Waals surface area contributed by atoms with Crippen molar-refractivity contribution in [3.05, 3.63) is 17.3 Å². The summed E-state index contributed by atoms with van der Waals surface area (Å²) in [5.74, 6) is 8.58. The van der Waals surface area contributed by atoms with Gasteiger partial charge in [-0.2, -0.15) is 23.5 Å². The van der Waals surface area contributed by atoms with E-state index in [1.807, 2.05) is 11.8 Å². The molecule has 1 aromatic heterocycles. The molecule has 0 spiro atoms. The number of nitrogens with one attached hydrogen (secondary N) is 2. The predicted molar refractivity (Wildman–Crippen MR) is 85.8 cm³/mol. The van der Waals surface area contributed by atoms with Crippen molar-refractivity contribution in [2.75, 3.05) is 29.2 Å². The molecule has 20 heavy (non-hydrogen) atoms. The lowest BCUT2D eigenvalue weighted by molar-refractivity contribution is 0.581. The summed E-state index contributed by atoms with van der Waals surface area (Å²) in [7, 11) is -3.60. The summed E-state index contributed by atoms with van der Waals surface area (Å²) in [6, 6.07) is 1.33. The molecule has 1 atom stereocenters. The minimum atomic E-state index is -3.60. The number of nitrogens with two attached hydrogens (primary N) is 1. The summed E-state index contributed by atoms with van der Waals surface area (Å²) in [5, 5.41) is 0.468. The molecule has 1 saturated heterocycles. The summed E-state index contributed by atoms with van der Waals surface area (Å²) >= 11 is 9.52. The maximum Gasteiger partial charge on any atom is 0.242 e. The Balaban J connectivity index is 2.04. The molecule has 0 bridgehead atoms. The van der Waals surface area contributed by atoms with Crippen LogP contribution in [0.4, 0.5) is 5.82 Å². The van der Waals surface area contributed by atoms with Crippen LogP contribution in [0.1, 0.15) is 0 Å². The number of sulfonamides is 1. The van der Waals surface area contributed by atoms with Gasteiger partial charge < -0.3 is 5.43 Å². The van der Waals surface area contributed by atoms with Crippen LogP contribution in [0.25, 0.3) is 0 Å². The Morgan fingerprint density at radius 1 is 1.50 bits per heavy atom. The van der Waals surface area contributed by atoms with Gasteiger partial charge in [-0.05, 0) is 6.07 Å². The SMILES string of the molecule is NNc1ncc(S(=O)(=O)NCC2CSCCS2)cc1Cl. The van der Waals surface area contributed by atoms with E-state index >= 15 is 0 Å². The van der Waals surface area contributed by atoms with Crippen molar-refractivity contribution in [3.63, 3.8) is 0 Å². The van der Waals surface area contributed by atoms with Crippen LogP contribution in [0, 0.1) is 0 Å². The zero-order valence-electron chi connectivity index (χ0n) is 10.5. The third-order valence-electron chi connectivity index (χ3n) is 2.65. The first-order chi connectivity index (χ1) is 9.53. The van der Waals surface area contributed by atoms with Crippen molar-refractivity contribution >= 4 is 51.0 Å². The summed E-state index contributed by atoms with van der Waals surface area (Å²) in [5.41, 5.74) is 2.29. The van der Waals surface area contributed by atoms with Gasteiger partial charge >= 0.3 is 0 Å². The van der Waals surface area contributed by atoms with Crippen molar-refractivity contribution in [1.82, 2.24) is 9.71 Å². The molecule has 112 valence electrons. The molecule has 0 aliphatic carbocycles. The van der Waals surface area contributed by atoms with Crippen LogP contribution in [0.3, 0.4) is 0 Å². The lowest BCUT2D eigenvalue weighted by atomic mass is 10.5. The molecular formula is C10H15ClN4O2S3. The molecule has 0 aromatic carbocycles. The number of aromatic nitrogens is 1. The molecule has 1 unspecified atom stereocenters. The van der Waals surface area contributed by atoms with Gasteiger partial charge in [-0.1, -0.05) is 11.6 Å². The van der Waals surface area contributed by atoms with Crippen LogP contribution in [0.5, 0.6) is 0 Å². The van der Waals surface area contributed by atoms with E-state index in [0.717, 1.165) is 17.3 Å². The minimum absolute atomic E-state index is 0.0370. The lowest BCUT2D eigenvalue weighted by Gasteiger charge is -2.21. The summed E-state index contributed by atoms with van der Waals surface area (Å²) in [4.78, 5) is 3.90. The monoisotopic (exact) mass is 354 g/mol. The highest BCUT2D eigenvalue weighted by atomic mass is 35.5. The second kappa shape index (κ2) is 7.19. The van der Waals surface area contributed by atoms with Crippen molar-refractivity contribution in [1.29, 1.82) is 0 Å². The van der Waals surface area contributed by atoms with Crippen LogP contribution in [-0.4, -0.2) is 42.5 Å². The summed E-state index contributed by atoms with van der Waals surface area (Å²) in [6.45, 7) is 0.411. The minimum Gasteiger partial charge on any atom is -0.307 e. The number of rotatable bonds is 5. The van der Waals surface area contributed by atoms with E-state index < -0.39 is 10.0 Å². The molecule has 10 heteroatoms. The van der Waals surface area contributed by atoms with Gasteiger partial charge in [-0.3, -0.25) is 0 Å². The number of pyridine rings is 1. The highest BCUT2D eigenvalue weighted by Crippen LogP contribution is 2.24. The third-order valence-corrected chi connectivity index (χ3v) is 7.17. The van der Waals surface area contributed by atoms with E-state index in [0.29, 0.717) is 11.8 Å². The summed E-state index contributed by atoms with van der Waals surface area (Å²) < 4.78 is 26.9. The van der Waals surface area contributed by atoms with Gasteiger partial charge in [0.2, 0.25) is 10.0 Å². The molecule has 1 aromatic rings. The maximum absolute atomic E-state index is 12.1. The van der Waals surface area contributed by atoms with Gasteiger partial charge in [0.1, 0.15) is 4.90 Å². The van der Waals surface area contributed by atoms with E-state index in [2.05, 4.69) is 15.1 Å². The van der Waals surface area contributed by atoms with E-state index in [4.69, 9.17) is 17.4 Å². The van der Waals surface area contributed by atoms with Crippen LogP contribution >= 0.6 is 35.1 Å². The van der Waals surface area contributed by atoms with Gasteiger partial charge in [-0.25, -0.2) is 24.0 Å². The molecule has 1 aliphatic rings. The van der Waals surface area contributed by atoms with Crippen molar-refractivity contribution < 1.29 is 8.42 Å². The number of hydrogen-bond donors (Lipinski definition) is 3. The quantitative estimate of drug-likeness (QED) is 0.539. The number of nitrogens with zero attached hydrogens (tertiary/aromatic N) is 1. The predicted octanol–water partition coefficient (Wildman–Crippen LogP) is 1.15. The molecule has 0 amide bonds. The molecule has 1 fully saturated rings. The Morgan fingerprint density at radius 3 is 2.90 bits per heavy atom. The van der Waals surface area contributed by atoms with Gasteiger partial charge in [0.05, 0.1) is 5.02 Å². The zero-order chi connectivity index (χ0) is 14.6. The molecule has 4 N–H and O–H groups in total. The van der Waals surface area contributed by atoms with Crippen molar-refractivity contribution in [3.8, 4) is 0 Å². The Kier molecular flexibility index (Phi) is 5.82. The second-order valence-corrected chi connectivity index (χ2v) is 8.80. The first-order valence-electron chi connectivity index (χ1n) is 5.84. The Labute approximate surface area is 131 Å². The number of hydrogen-bond acceptors (Lipinski definition) is 7. The number of anilines is 1. The standard InChI is InChI=1S/C10H15ClN4O2S3/c11-9-3-8(5-13-10(9)15-12)20(16,17)14-4-7-6-18-1-2-19-7/h3,5,7,14H,1-2,4,6,12H2,(H,13,15). The number of halogens is 1. The first kappa shape index (κ1) is 16.2. The van der Waals surface area contributed by atoms with Crippen LogP contribution < -0.4 is 16.0 Å². The topological polar surface area (TPSA) is 97.1 Å². The molecule has 6 nitrogen and oxygen atoms in total. The van der Waals surface area contributed by atoms with Gasteiger partial charge in [0, 0.05) is 35.3 Å². The number of thioether (sulfide) groups is 2.